The lowest BCUT2D eigenvalue weighted by Crippen LogP contribution is -2.54. The highest BCUT2D eigenvalue weighted by Crippen LogP contribution is 2.11. The minimum atomic E-state index is -3.06. The van der Waals surface area contributed by atoms with Crippen LogP contribution in [-0.4, -0.2) is 60.6 Å². The smallest absolute Gasteiger partial charge is 0.317 e. The van der Waals surface area contributed by atoms with Gasteiger partial charge in [0.1, 0.15) is 0 Å². The van der Waals surface area contributed by atoms with Crippen LogP contribution in [0.25, 0.3) is 0 Å². The SMILES string of the molecule is CC(CC(=O)O)NC(=O)N1CCS(=O)(=O)CC1C. The molecule has 1 aliphatic rings. The van der Waals surface area contributed by atoms with Gasteiger partial charge in [-0.2, -0.15) is 0 Å². The third-order valence-electron chi connectivity index (χ3n) is 2.78. The molecule has 0 aromatic rings. The molecule has 2 atom stereocenters. The first kappa shape index (κ1) is 14.7. The van der Waals surface area contributed by atoms with Crippen LogP contribution in [0.15, 0.2) is 0 Å². The summed E-state index contributed by atoms with van der Waals surface area (Å²) in [5.74, 6) is -1.08. The summed E-state index contributed by atoms with van der Waals surface area (Å²) in [5.41, 5.74) is 0. The van der Waals surface area contributed by atoms with Crippen molar-refractivity contribution in [3.05, 3.63) is 0 Å². The first-order chi connectivity index (χ1) is 8.21. The number of aliphatic carboxylic acids is 1. The van der Waals surface area contributed by atoms with Gasteiger partial charge in [0.2, 0.25) is 0 Å². The van der Waals surface area contributed by atoms with Crippen LogP contribution >= 0.6 is 0 Å². The molecule has 0 radical (unpaired) electrons. The number of hydrogen-bond donors (Lipinski definition) is 2. The van der Waals surface area contributed by atoms with Gasteiger partial charge in [-0.15, -0.1) is 0 Å². The molecule has 2 amide bonds. The molecule has 0 bridgehead atoms. The van der Waals surface area contributed by atoms with E-state index in [1.54, 1.807) is 13.8 Å². The lowest BCUT2D eigenvalue weighted by Gasteiger charge is -2.33. The first-order valence-corrected chi connectivity index (χ1v) is 7.53. The van der Waals surface area contributed by atoms with E-state index < -0.39 is 27.9 Å². The Balaban J connectivity index is 2.55. The number of nitrogens with zero attached hydrogens (tertiary/aromatic N) is 1. The van der Waals surface area contributed by atoms with Gasteiger partial charge >= 0.3 is 12.0 Å². The maximum Gasteiger partial charge on any atom is 0.317 e. The second kappa shape index (κ2) is 5.55. The molecule has 1 heterocycles. The molecular formula is C10H18N2O5S. The Hall–Kier alpha value is -1.31. The number of carboxylic acid groups (broad SMARTS) is 1. The van der Waals surface area contributed by atoms with Crippen molar-refractivity contribution in [3.63, 3.8) is 0 Å². The van der Waals surface area contributed by atoms with Gasteiger partial charge in [-0.1, -0.05) is 0 Å². The molecule has 7 nitrogen and oxygen atoms in total. The van der Waals surface area contributed by atoms with E-state index in [-0.39, 0.29) is 30.5 Å². The summed E-state index contributed by atoms with van der Waals surface area (Å²) >= 11 is 0. The Morgan fingerprint density at radius 3 is 2.61 bits per heavy atom. The van der Waals surface area contributed by atoms with E-state index in [9.17, 15) is 18.0 Å². The fourth-order valence-electron chi connectivity index (χ4n) is 1.91. The van der Waals surface area contributed by atoms with Crippen molar-refractivity contribution in [2.75, 3.05) is 18.1 Å². The van der Waals surface area contributed by atoms with Crippen molar-refractivity contribution < 1.29 is 23.1 Å². The molecule has 1 saturated heterocycles. The van der Waals surface area contributed by atoms with Crippen molar-refractivity contribution in [1.82, 2.24) is 10.2 Å². The standard InChI is InChI=1S/C10H18N2O5S/c1-7(5-9(13)14)11-10(15)12-3-4-18(16,17)6-8(12)2/h7-8H,3-6H2,1-2H3,(H,11,15)(H,13,14). The van der Waals surface area contributed by atoms with Crippen LogP contribution in [0, 0.1) is 0 Å². The van der Waals surface area contributed by atoms with E-state index in [0.717, 1.165) is 0 Å². The summed E-state index contributed by atoms with van der Waals surface area (Å²) < 4.78 is 22.7. The maximum absolute atomic E-state index is 11.8. The highest BCUT2D eigenvalue weighted by Gasteiger charge is 2.31. The lowest BCUT2D eigenvalue weighted by molar-refractivity contribution is -0.137. The second-order valence-corrected chi connectivity index (χ2v) is 6.83. The highest BCUT2D eigenvalue weighted by molar-refractivity contribution is 7.91. The van der Waals surface area contributed by atoms with E-state index in [2.05, 4.69) is 5.32 Å². The van der Waals surface area contributed by atoms with E-state index in [4.69, 9.17) is 5.11 Å². The van der Waals surface area contributed by atoms with Crippen LogP contribution in [-0.2, 0) is 14.6 Å². The average molecular weight is 278 g/mol. The zero-order valence-electron chi connectivity index (χ0n) is 10.4. The molecule has 2 unspecified atom stereocenters. The van der Waals surface area contributed by atoms with Crippen LogP contribution in [0.3, 0.4) is 0 Å². The van der Waals surface area contributed by atoms with Crippen LogP contribution in [0.5, 0.6) is 0 Å². The molecule has 1 fully saturated rings. The number of nitrogens with one attached hydrogen (secondary N) is 1. The molecule has 104 valence electrons. The first-order valence-electron chi connectivity index (χ1n) is 5.70. The predicted molar refractivity (Wildman–Crippen MR) is 65.1 cm³/mol. The fourth-order valence-corrected chi connectivity index (χ4v) is 3.46. The predicted octanol–water partition coefficient (Wildman–Crippen LogP) is -0.322. The number of sulfone groups is 1. The molecule has 1 aliphatic heterocycles. The van der Waals surface area contributed by atoms with E-state index in [1.165, 1.54) is 4.90 Å². The Labute approximate surface area is 106 Å². The monoisotopic (exact) mass is 278 g/mol. The molecule has 8 heteroatoms. The van der Waals surface area contributed by atoms with Crippen molar-refractivity contribution in [3.8, 4) is 0 Å². The fraction of sp³-hybridized carbons (Fsp3) is 0.800. The molecule has 1 rings (SSSR count). The summed E-state index contributed by atoms with van der Waals surface area (Å²) in [7, 11) is -3.06. The number of carboxylic acids is 1. The van der Waals surface area contributed by atoms with Gasteiger partial charge in [0.05, 0.1) is 17.9 Å². The summed E-state index contributed by atoms with van der Waals surface area (Å²) in [5, 5.41) is 11.1. The van der Waals surface area contributed by atoms with Crippen LogP contribution in [0.4, 0.5) is 4.79 Å². The molecule has 0 aromatic carbocycles. The number of carbonyl (C=O) groups is 2. The highest BCUT2D eigenvalue weighted by atomic mass is 32.2. The van der Waals surface area contributed by atoms with Gasteiger partial charge < -0.3 is 15.3 Å². The van der Waals surface area contributed by atoms with Gasteiger partial charge in [-0.05, 0) is 13.8 Å². The van der Waals surface area contributed by atoms with E-state index >= 15 is 0 Å². The Morgan fingerprint density at radius 2 is 2.11 bits per heavy atom. The molecule has 0 saturated carbocycles. The summed E-state index contributed by atoms with van der Waals surface area (Å²) in [4.78, 5) is 23.7. The lowest BCUT2D eigenvalue weighted by atomic mass is 10.2. The van der Waals surface area contributed by atoms with Crippen LogP contribution < -0.4 is 5.32 Å². The Kier molecular flexibility index (Phi) is 4.55. The number of rotatable bonds is 3. The number of hydrogen-bond acceptors (Lipinski definition) is 4. The number of carbonyl (C=O) groups excluding carboxylic acids is 1. The van der Waals surface area contributed by atoms with Gasteiger partial charge in [0, 0.05) is 18.6 Å². The quantitative estimate of drug-likeness (QED) is 0.736. The van der Waals surface area contributed by atoms with Gasteiger partial charge in [-0.25, -0.2) is 13.2 Å². The minimum absolute atomic E-state index is 0.0436. The topological polar surface area (TPSA) is 104 Å². The van der Waals surface area contributed by atoms with Crippen LogP contribution in [0.1, 0.15) is 20.3 Å². The number of urea groups is 1. The summed E-state index contributed by atoms with van der Waals surface area (Å²) in [6.07, 6.45) is -0.160. The largest absolute Gasteiger partial charge is 0.481 e. The average Bonchev–Trinajstić information content (AvgIpc) is 2.13. The molecule has 0 spiro atoms. The summed E-state index contributed by atoms with van der Waals surface area (Å²) in [6.45, 7) is 3.41. The van der Waals surface area contributed by atoms with Gasteiger partial charge in [0.25, 0.3) is 0 Å². The zero-order valence-corrected chi connectivity index (χ0v) is 11.2. The summed E-state index contributed by atoms with van der Waals surface area (Å²) in [6, 6.07) is -1.28. The molecule has 0 aromatic heterocycles. The molecule has 2 N–H and O–H groups in total. The number of amides is 2. The zero-order chi connectivity index (χ0) is 13.9. The maximum atomic E-state index is 11.8. The van der Waals surface area contributed by atoms with Crippen molar-refractivity contribution in [2.24, 2.45) is 0 Å². The van der Waals surface area contributed by atoms with Crippen molar-refractivity contribution in [2.45, 2.75) is 32.4 Å². The molecular weight excluding hydrogens is 260 g/mol. The van der Waals surface area contributed by atoms with Gasteiger partial charge in [0.15, 0.2) is 9.84 Å². The third kappa shape index (κ3) is 4.17. The van der Waals surface area contributed by atoms with E-state index in [1.807, 2.05) is 0 Å². The van der Waals surface area contributed by atoms with Crippen molar-refractivity contribution in [1.29, 1.82) is 0 Å². The second-order valence-electron chi connectivity index (χ2n) is 4.61. The normalized spacial score (nSPS) is 24.3. The van der Waals surface area contributed by atoms with Crippen LogP contribution in [0.2, 0.25) is 0 Å². The minimum Gasteiger partial charge on any atom is -0.481 e. The Morgan fingerprint density at radius 1 is 1.50 bits per heavy atom. The van der Waals surface area contributed by atoms with E-state index in [0.29, 0.717) is 0 Å². The molecule has 0 aliphatic carbocycles. The third-order valence-corrected chi connectivity index (χ3v) is 4.58. The Bertz CT molecular complexity index is 434. The van der Waals surface area contributed by atoms with Gasteiger partial charge in [-0.3, -0.25) is 4.79 Å². The van der Waals surface area contributed by atoms with Crippen molar-refractivity contribution >= 4 is 21.8 Å². The molecule has 18 heavy (non-hydrogen) atoms.